The molecular weight excluding hydrogens is 757 g/mol. The Balaban J connectivity index is 0.908. The van der Waals surface area contributed by atoms with Crippen molar-refractivity contribution in [3.8, 4) is 73.2 Å². The summed E-state index contributed by atoms with van der Waals surface area (Å²) in [5.74, 6) is 1.86. The molecule has 0 saturated carbocycles. The van der Waals surface area contributed by atoms with E-state index in [-0.39, 0.29) is 0 Å². The number of benzene rings is 9. The third kappa shape index (κ3) is 6.23. The fourth-order valence-corrected chi connectivity index (χ4v) is 8.73. The number of aromatic nitrogens is 4. The quantitative estimate of drug-likeness (QED) is 0.161. The molecule has 0 saturated heterocycles. The van der Waals surface area contributed by atoms with E-state index in [0.717, 1.165) is 72.1 Å². The highest BCUT2D eigenvalue weighted by Gasteiger charge is 2.18. The lowest BCUT2D eigenvalue weighted by Crippen LogP contribution is -2.00. The van der Waals surface area contributed by atoms with E-state index in [1.54, 1.807) is 0 Å². The summed E-state index contributed by atoms with van der Waals surface area (Å²) >= 11 is 0. The zero-order valence-corrected chi connectivity index (χ0v) is 33.5. The molecule has 0 unspecified atom stereocenters. The third-order valence-corrected chi connectivity index (χ3v) is 11.9. The van der Waals surface area contributed by atoms with Crippen molar-refractivity contribution < 1.29 is 4.42 Å². The molecule has 0 aliphatic heterocycles. The first-order valence-electron chi connectivity index (χ1n) is 20.8. The van der Waals surface area contributed by atoms with Crippen LogP contribution in [0.1, 0.15) is 0 Å². The van der Waals surface area contributed by atoms with Gasteiger partial charge in [0.05, 0.1) is 11.0 Å². The fourth-order valence-electron chi connectivity index (χ4n) is 8.73. The molecule has 0 fully saturated rings. The van der Waals surface area contributed by atoms with Gasteiger partial charge in [0.15, 0.2) is 17.5 Å². The molecule has 12 aromatic rings. The van der Waals surface area contributed by atoms with E-state index < -0.39 is 0 Å². The highest BCUT2D eigenvalue weighted by Crippen LogP contribution is 2.39. The molecule has 12 rings (SSSR count). The second-order valence-corrected chi connectivity index (χ2v) is 15.6. The van der Waals surface area contributed by atoms with E-state index in [2.05, 4.69) is 211 Å². The maximum atomic E-state index is 6.62. The molecule has 0 aliphatic rings. The van der Waals surface area contributed by atoms with Gasteiger partial charge in [-0.2, -0.15) is 0 Å². The number of fused-ring (bicyclic) bond motifs is 6. The average molecular weight is 793 g/mol. The van der Waals surface area contributed by atoms with Crippen LogP contribution in [0.3, 0.4) is 0 Å². The maximum absolute atomic E-state index is 6.62. The van der Waals surface area contributed by atoms with Gasteiger partial charge in [0.25, 0.3) is 0 Å². The molecule has 0 spiro atoms. The predicted molar refractivity (Wildman–Crippen MR) is 254 cm³/mol. The normalized spacial score (nSPS) is 11.5. The van der Waals surface area contributed by atoms with Gasteiger partial charge in [-0.15, -0.1) is 0 Å². The SMILES string of the molecule is c1ccc(-c2ccc(-c3nc(-c4ccc(-c5ccccc5)cc4)nc(-c4ccc(-c5ccc6c(c5)oc5cc7c8ccccc8n(-c8ccccc8)c7cc56)cc4)n3)cc2)cc1. The van der Waals surface area contributed by atoms with Gasteiger partial charge in [-0.1, -0.05) is 176 Å². The lowest BCUT2D eigenvalue weighted by molar-refractivity contribution is 0.669. The minimum Gasteiger partial charge on any atom is -0.456 e. The third-order valence-electron chi connectivity index (χ3n) is 11.9. The summed E-state index contributed by atoms with van der Waals surface area (Å²) in [6.45, 7) is 0. The molecule has 0 aliphatic carbocycles. The highest BCUT2D eigenvalue weighted by molar-refractivity contribution is 6.17. The first kappa shape index (κ1) is 35.5. The van der Waals surface area contributed by atoms with Crippen LogP contribution >= 0.6 is 0 Å². The fraction of sp³-hybridized carbons (Fsp3) is 0. The van der Waals surface area contributed by atoms with Crippen molar-refractivity contribution >= 4 is 43.7 Å². The lowest BCUT2D eigenvalue weighted by atomic mass is 10.0. The molecule has 0 N–H and O–H groups in total. The van der Waals surface area contributed by atoms with Crippen molar-refractivity contribution in [3.63, 3.8) is 0 Å². The predicted octanol–water partition coefficient (Wildman–Crippen LogP) is 14.9. The van der Waals surface area contributed by atoms with Crippen LogP contribution in [0.2, 0.25) is 0 Å². The smallest absolute Gasteiger partial charge is 0.164 e. The van der Waals surface area contributed by atoms with Gasteiger partial charge < -0.3 is 8.98 Å². The Morgan fingerprint density at radius 1 is 0.274 bits per heavy atom. The van der Waals surface area contributed by atoms with Crippen molar-refractivity contribution in [2.45, 2.75) is 0 Å². The zero-order valence-electron chi connectivity index (χ0n) is 33.5. The molecule has 9 aromatic carbocycles. The number of rotatable bonds is 7. The van der Waals surface area contributed by atoms with Crippen molar-refractivity contribution in [1.29, 1.82) is 0 Å². The average Bonchev–Trinajstić information content (AvgIpc) is 3.88. The van der Waals surface area contributed by atoms with Crippen LogP contribution in [0.4, 0.5) is 0 Å². The number of hydrogen-bond acceptors (Lipinski definition) is 4. The van der Waals surface area contributed by atoms with Crippen molar-refractivity contribution in [2.75, 3.05) is 0 Å². The van der Waals surface area contributed by atoms with Gasteiger partial charge >= 0.3 is 0 Å². The van der Waals surface area contributed by atoms with Crippen molar-refractivity contribution in [3.05, 3.63) is 218 Å². The van der Waals surface area contributed by atoms with E-state index in [1.165, 1.54) is 27.4 Å². The molecule has 0 bridgehead atoms. The molecule has 62 heavy (non-hydrogen) atoms. The van der Waals surface area contributed by atoms with Crippen LogP contribution in [0.25, 0.3) is 117 Å². The van der Waals surface area contributed by atoms with Gasteiger partial charge in [-0.25, -0.2) is 15.0 Å². The van der Waals surface area contributed by atoms with E-state index in [9.17, 15) is 0 Å². The summed E-state index contributed by atoms with van der Waals surface area (Å²) in [5, 5.41) is 4.56. The Morgan fingerprint density at radius 2 is 0.694 bits per heavy atom. The Morgan fingerprint density at radius 3 is 1.24 bits per heavy atom. The topological polar surface area (TPSA) is 56.7 Å². The molecular formula is C57H36N4O. The van der Waals surface area contributed by atoms with Crippen LogP contribution < -0.4 is 0 Å². The van der Waals surface area contributed by atoms with E-state index >= 15 is 0 Å². The van der Waals surface area contributed by atoms with Gasteiger partial charge in [-0.05, 0) is 75.8 Å². The largest absolute Gasteiger partial charge is 0.456 e. The van der Waals surface area contributed by atoms with Crippen LogP contribution in [0, 0.1) is 0 Å². The van der Waals surface area contributed by atoms with E-state index in [0.29, 0.717) is 17.5 Å². The minimum absolute atomic E-state index is 0.614. The molecule has 0 radical (unpaired) electrons. The summed E-state index contributed by atoms with van der Waals surface area (Å²) in [4.78, 5) is 15.1. The monoisotopic (exact) mass is 792 g/mol. The Hall–Kier alpha value is -8.41. The van der Waals surface area contributed by atoms with Crippen LogP contribution in [-0.4, -0.2) is 19.5 Å². The number of furan rings is 1. The summed E-state index contributed by atoms with van der Waals surface area (Å²) in [6.07, 6.45) is 0. The summed E-state index contributed by atoms with van der Waals surface area (Å²) in [7, 11) is 0. The Kier molecular flexibility index (Phi) is 8.42. The maximum Gasteiger partial charge on any atom is 0.164 e. The highest BCUT2D eigenvalue weighted by atomic mass is 16.3. The van der Waals surface area contributed by atoms with Crippen molar-refractivity contribution in [1.82, 2.24) is 19.5 Å². The van der Waals surface area contributed by atoms with E-state index in [1.807, 2.05) is 12.1 Å². The molecule has 3 aromatic heterocycles. The standard InChI is InChI=1S/C57H36N4O/c1-4-12-37(13-5-1)39-20-26-42(27-21-39)55-58-56(43-28-22-40(23-29-43)38-14-6-2-7-15-38)60-57(59-55)44-30-24-41(25-31-44)45-32-33-48-50-35-52-49(36-54(50)62-53(48)34-45)47-18-10-11-19-51(47)61(52)46-16-8-3-9-17-46/h1-36H. The lowest BCUT2D eigenvalue weighted by Gasteiger charge is -2.10. The number of nitrogens with zero attached hydrogens (tertiary/aromatic N) is 4. The molecule has 3 heterocycles. The number of hydrogen-bond donors (Lipinski definition) is 0. The van der Waals surface area contributed by atoms with Crippen LogP contribution in [0.5, 0.6) is 0 Å². The molecule has 5 nitrogen and oxygen atoms in total. The minimum atomic E-state index is 0.614. The van der Waals surface area contributed by atoms with Crippen LogP contribution in [-0.2, 0) is 0 Å². The van der Waals surface area contributed by atoms with Gasteiger partial charge in [0.2, 0.25) is 0 Å². The van der Waals surface area contributed by atoms with Gasteiger partial charge in [-0.3, -0.25) is 0 Å². The summed E-state index contributed by atoms with van der Waals surface area (Å²) in [5.41, 5.74) is 14.7. The first-order chi connectivity index (χ1) is 30.7. The molecule has 0 amide bonds. The van der Waals surface area contributed by atoms with Gasteiger partial charge in [0.1, 0.15) is 11.2 Å². The van der Waals surface area contributed by atoms with Crippen molar-refractivity contribution in [2.24, 2.45) is 0 Å². The Bertz CT molecular complexity index is 3480. The van der Waals surface area contributed by atoms with E-state index in [4.69, 9.17) is 19.4 Å². The zero-order chi connectivity index (χ0) is 41.0. The second-order valence-electron chi connectivity index (χ2n) is 15.6. The van der Waals surface area contributed by atoms with Crippen LogP contribution in [0.15, 0.2) is 223 Å². The summed E-state index contributed by atoms with van der Waals surface area (Å²) < 4.78 is 8.97. The molecule has 5 heteroatoms. The molecule has 0 atom stereocenters. The second kappa shape index (κ2) is 14.7. The number of para-hydroxylation sites is 2. The molecule has 290 valence electrons. The van der Waals surface area contributed by atoms with Gasteiger partial charge in [0, 0.05) is 43.9 Å². The summed E-state index contributed by atoms with van der Waals surface area (Å²) in [6, 6.07) is 76.3. The first-order valence-corrected chi connectivity index (χ1v) is 20.8. The Labute approximate surface area is 357 Å².